The van der Waals surface area contributed by atoms with Crippen LogP contribution in [0.5, 0.6) is 0 Å². The van der Waals surface area contributed by atoms with Crippen LogP contribution in [0.3, 0.4) is 0 Å². The topological polar surface area (TPSA) is 70.0 Å². The molecule has 1 fully saturated rings. The molecule has 1 aromatic carbocycles. The van der Waals surface area contributed by atoms with E-state index in [-0.39, 0.29) is 28.3 Å². The van der Waals surface area contributed by atoms with E-state index in [1.807, 2.05) is 0 Å². The maximum atomic E-state index is 12.8. The Morgan fingerprint density at radius 1 is 1.30 bits per heavy atom. The molecule has 1 saturated carbocycles. The van der Waals surface area contributed by atoms with Crippen LogP contribution in [0.15, 0.2) is 23.1 Å². The van der Waals surface area contributed by atoms with Gasteiger partial charge in [-0.05, 0) is 37.5 Å². The number of halogens is 4. The van der Waals surface area contributed by atoms with E-state index >= 15 is 0 Å². The molecule has 1 N–H and O–H groups in total. The third kappa shape index (κ3) is 4.37. The van der Waals surface area contributed by atoms with Crippen LogP contribution in [0.2, 0.25) is 5.02 Å². The number of nitrogens with one attached hydrogen (secondary N) is 1. The van der Waals surface area contributed by atoms with E-state index in [4.69, 9.17) is 16.9 Å². The molecule has 4 nitrogen and oxygen atoms in total. The molecule has 1 aromatic rings. The Morgan fingerprint density at radius 2 is 2.00 bits per heavy atom. The summed E-state index contributed by atoms with van der Waals surface area (Å²) in [6.07, 6.45) is -3.90. The number of hydrogen-bond acceptors (Lipinski definition) is 3. The van der Waals surface area contributed by atoms with Gasteiger partial charge in [0.05, 0.1) is 21.4 Å². The van der Waals surface area contributed by atoms with Gasteiger partial charge in [-0.1, -0.05) is 18.0 Å². The molecule has 1 aliphatic carbocycles. The van der Waals surface area contributed by atoms with E-state index in [0.717, 1.165) is 6.07 Å². The lowest BCUT2D eigenvalue weighted by molar-refractivity contribution is -0.183. The highest BCUT2D eigenvalue weighted by Gasteiger charge is 2.42. The lowest BCUT2D eigenvalue weighted by atomic mass is 9.86. The van der Waals surface area contributed by atoms with Crippen molar-refractivity contribution in [3.63, 3.8) is 0 Å². The molecule has 0 spiro atoms. The number of sulfonamides is 1. The van der Waals surface area contributed by atoms with Crippen molar-refractivity contribution in [3.8, 4) is 6.07 Å². The second-order valence-corrected chi connectivity index (χ2v) is 7.60. The van der Waals surface area contributed by atoms with Crippen molar-refractivity contribution in [1.29, 1.82) is 5.26 Å². The van der Waals surface area contributed by atoms with E-state index < -0.39 is 28.2 Å². The van der Waals surface area contributed by atoms with Crippen LogP contribution in [-0.4, -0.2) is 20.6 Å². The summed E-state index contributed by atoms with van der Waals surface area (Å²) in [7, 11) is -3.99. The van der Waals surface area contributed by atoms with Crippen LogP contribution >= 0.6 is 11.6 Å². The molecule has 0 amide bonds. The van der Waals surface area contributed by atoms with E-state index in [1.165, 1.54) is 12.1 Å². The SMILES string of the molecule is N#Cc1ccc(S(=O)(=O)NC2CCCC(C(F)(F)F)C2)cc1Cl. The molecule has 0 saturated heterocycles. The van der Waals surface area contributed by atoms with Gasteiger partial charge in [0.15, 0.2) is 0 Å². The molecule has 0 aromatic heterocycles. The quantitative estimate of drug-likeness (QED) is 0.888. The van der Waals surface area contributed by atoms with Gasteiger partial charge in [-0.3, -0.25) is 0 Å². The Bertz CT molecular complexity index is 729. The minimum atomic E-state index is -4.32. The maximum absolute atomic E-state index is 12.8. The maximum Gasteiger partial charge on any atom is 0.391 e. The molecule has 126 valence electrons. The largest absolute Gasteiger partial charge is 0.391 e. The van der Waals surface area contributed by atoms with Gasteiger partial charge in [0.25, 0.3) is 0 Å². The fraction of sp³-hybridized carbons (Fsp3) is 0.500. The average Bonchev–Trinajstić information content (AvgIpc) is 2.46. The number of hydrogen-bond donors (Lipinski definition) is 1. The third-order valence-corrected chi connectivity index (χ3v) is 5.66. The minimum absolute atomic E-state index is 0.0183. The van der Waals surface area contributed by atoms with Crippen LogP contribution in [0.4, 0.5) is 13.2 Å². The van der Waals surface area contributed by atoms with Crippen LogP contribution in [-0.2, 0) is 10.0 Å². The monoisotopic (exact) mass is 366 g/mol. The van der Waals surface area contributed by atoms with Gasteiger partial charge < -0.3 is 0 Å². The van der Waals surface area contributed by atoms with Crippen LogP contribution in [0.25, 0.3) is 0 Å². The predicted octanol–water partition coefficient (Wildman–Crippen LogP) is 3.61. The Balaban J connectivity index is 2.15. The van der Waals surface area contributed by atoms with Crippen LogP contribution < -0.4 is 4.72 Å². The summed E-state index contributed by atoms with van der Waals surface area (Å²) in [6, 6.07) is 4.62. The lowest BCUT2D eigenvalue weighted by Crippen LogP contribution is -2.41. The summed E-state index contributed by atoms with van der Waals surface area (Å²) in [4.78, 5) is -0.171. The van der Waals surface area contributed by atoms with Gasteiger partial charge in [0.1, 0.15) is 6.07 Å². The highest BCUT2D eigenvalue weighted by atomic mass is 35.5. The van der Waals surface area contributed by atoms with Crippen molar-refractivity contribution in [3.05, 3.63) is 28.8 Å². The Morgan fingerprint density at radius 3 is 2.57 bits per heavy atom. The first-order chi connectivity index (χ1) is 10.6. The number of nitrogens with zero attached hydrogens (tertiary/aromatic N) is 1. The molecular weight excluding hydrogens is 353 g/mol. The minimum Gasteiger partial charge on any atom is -0.208 e. The molecule has 2 atom stereocenters. The van der Waals surface area contributed by atoms with Crippen molar-refractivity contribution < 1.29 is 21.6 Å². The number of alkyl halides is 3. The van der Waals surface area contributed by atoms with E-state index in [0.29, 0.717) is 12.8 Å². The number of nitriles is 1. The predicted molar refractivity (Wildman–Crippen MR) is 78.3 cm³/mol. The number of benzene rings is 1. The summed E-state index contributed by atoms with van der Waals surface area (Å²) in [5, 5.41) is 8.75. The highest BCUT2D eigenvalue weighted by molar-refractivity contribution is 7.89. The molecule has 2 unspecified atom stereocenters. The second-order valence-electron chi connectivity index (χ2n) is 5.48. The molecule has 1 aliphatic rings. The highest BCUT2D eigenvalue weighted by Crippen LogP contribution is 2.37. The first-order valence-corrected chi connectivity index (χ1v) is 8.78. The van der Waals surface area contributed by atoms with E-state index in [2.05, 4.69) is 4.72 Å². The zero-order valence-corrected chi connectivity index (χ0v) is 13.5. The van der Waals surface area contributed by atoms with Crippen LogP contribution in [0, 0.1) is 17.2 Å². The van der Waals surface area contributed by atoms with Crippen molar-refractivity contribution >= 4 is 21.6 Å². The third-order valence-electron chi connectivity index (χ3n) is 3.83. The molecule has 9 heteroatoms. The first kappa shape index (κ1) is 18.0. The molecule has 0 radical (unpaired) electrons. The van der Waals surface area contributed by atoms with E-state index in [9.17, 15) is 21.6 Å². The Hall–Kier alpha value is -1.30. The first-order valence-electron chi connectivity index (χ1n) is 6.92. The molecule has 0 heterocycles. The van der Waals surface area contributed by atoms with Gasteiger partial charge in [-0.25, -0.2) is 13.1 Å². The van der Waals surface area contributed by atoms with E-state index in [1.54, 1.807) is 6.07 Å². The Kier molecular flexibility index (Phi) is 5.23. The van der Waals surface area contributed by atoms with Crippen molar-refractivity contribution in [2.45, 2.75) is 42.8 Å². The summed E-state index contributed by atoms with van der Waals surface area (Å²) < 4.78 is 65.2. The summed E-state index contributed by atoms with van der Waals surface area (Å²) in [6.45, 7) is 0. The normalized spacial score (nSPS) is 22.6. The fourth-order valence-electron chi connectivity index (χ4n) is 2.64. The van der Waals surface area contributed by atoms with Gasteiger partial charge in [0, 0.05) is 6.04 Å². The zero-order valence-electron chi connectivity index (χ0n) is 11.9. The van der Waals surface area contributed by atoms with Gasteiger partial charge in [-0.15, -0.1) is 0 Å². The lowest BCUT2D eigenvalue weighted by Gasteiger charge is -2.30. The van der Waals surface area contributed by atoms with Gasteiger partial charge in [-0.2, -0.15) is 18.4 Å². The van der Waals surface area contributed by atoms with Crippen LogP contribution in [0.1, 0.15) is 31.2 Å². The standard InChI is InChI=1S/C14H14ClF3N2O2S/c15-13-7-12(5-4-9(13)8-19)23(21,22)20-11-3-1-2-10(6-11)14(16,17)18/h4-5,7,10-11,20H,1-3,6H2. The second kappa shape index (κ2) is 6.67. The molecule has 0 aliphatic heterocycles. The summed E-state index contributed by atoms with van der Waals surface area (Å²) >= 11 is 5.80. The smallest absolute Gasteiger partial charge is 0.208 e. The molecular formula is C14H14ClF3N2O2S. The van der Waals surface area contributed by atoms with Crippen molar-refractivity contribution in [1.82, 2.24) is 4.72 Å². The Labute approximate surface area is 137 Å². The average molecular weight is 367 g/mol. The van der Waals surface area contributed by atoms with Gasteiger partial charge in [0.2, 0.25) is 10.0 Å². The summed E-state index contributed by atoms with van der Waals surface area (Å²) in [5.74, 6) is -1.49. The molecule has 0 bridgehead atoms. The zero-order chi connectivity index (χ0) is 17.3. The van der Waals surface area contributed by atoms with Crippen molar-refractivity contribution in [2.24, 2.45) is 5.92 Å². The number of rotatable bonds is 3. The summed E-state index contributed by atoms with van der Waals surface area (Å²) in [5.41, 5.74) is 0.125. The molecule has 2 rings (SSSR count). The fourth-order valence-corrected chi connectivity index (χ4v) is 4.23. The molecule has 23 heavy (non-hydrogen) atoms. The van der Waals surface area contributed by atoms with Crippen molar-refractivity contribution in [2.75, 3.05) is 0 Å². The van der Waals surface area contributed by atoms with Gasteiger partial charge >= 0.3 is 6.18 Å².